The van der Waals surface area contributed by atoms with Crippen molar-refractivity contribution >= 4 is 46.7 Å². The van der Waals surface area contributed by atoms with Crippen LogP contribution in [-0.2, 0) is 17.7 Å². The van der Waals surface area contributed by atoms with Crippen molar-refractivity contribution < 1.29 is 19.1 Å². The molecule has 0 saturated heterocycles. The number of anilines is 2. The van der Waals surface area contributed by atoms with E-state index in [4.69, 9.17) is 32.7 Å². The third-order valence-corrected chi connectivity index (χ3v) is 7.95. The number of rotatable bonds is 9. The molecule has 3 amide bonds. The summed E-state index contributed by atoms with van der Waals surface area (Å²) in [5.41, 5.74) is 6.17. The van der Waals surface area contributed by atoms with Crippen LogP contribution in [0.2, 0.25) is 10.0 Å². The van der Waals surface area contributed by atoms with E-state index in [2.05, 4.69) is 15.7 Å². The summed E-state index contributed by atoms with van der Waals surface area (Å²) in [7, 11) is 0. The molecule has 1 aliphatic heterocycles. The maximum Gasteiger partial charge on any atom is 0.414 e. The zero-order chi connectivity index (χ0) is 30.3. The Morgan fingerprint density at radius 1 is 1.05 bits per heavy atom. The molecule has 2 heterocycles. The van der Waals surface area contributed by atoms with Gasteiger partial charge < -0.3 is 20.1 Å². The van der Waals surface area contributed by atoms with Crippen LogP contribution in [0.3, 0.4) is 0 Å². The number of benzene rings is 3. The lowest BCUT2D eigenvalue weighted by Gasteiger charge is -2.30. The van der Waals surface area contributed by atoms with Gasteiger partial charge in [0, 0.05) is 46.1 Å². The van der Waals surface area contributed by atoms with E-state index >= 15 is 0 Å². The van der Waals surface area contributed by atoms with E-state index in [0.717, 1.165) is 46.3 Å². The summed E-state index contributed by atoms with van der Waals surface area (Å²) >= 11 is 12.6. The zero-order valence-electron chi connectivity index (χ0n) is 24.0. The monoisotopic (exact) mass is 621 g/mol. The van der Waals surface area contributed by atoms with E-state index in [9.17, 15) is 9.59 Å². The summed E-state index contributed by atoms with van der Waals surface area (Å²) in [6, 6.07) is 16.5. The van der Waals surface area contributed by atoms with Crippen LogP contribution in [0, 0.1) is 6.92 Å². The number of carbonyl (C=O) groups excluding carboxylic acids is 2. The Bertz CT molecular complexity index is 1620. The van der Waals surface area contributed by atoms with Gasteiger partial charge in [0.05, 0.1) is 18.4 Å². The van der Waals surface area contributed by atoms with Gasteiger partial charge in [-0.2, -0.15) is 5.10 Å². The predicted octanol–water partition coefficient (Wildman–Crippen LogP) is 7.32. The van der Waals surface area contributed by atoms with E-state index in [1.165, 1.54) is 0 Å². The topological polar surface area (TPSA) is 97.7 Å². The molecule has 0 unspecified atom stereocenters. The molecule has 0 saturated carbocycles. The lowest BCUT2D eigenvalue weighted by Crippen LogP contribution is -2.36. The quantitative estimate of drug-likeness (QED) is 0.191. The molecule has 11 heteroatoms. The normalized spacial score (nSPS) is 12.4. The van der Waals surface area contributed by atoms with Gasteiger partial charge in [0.25, 0.3) is 0 Å². The Balaban J connectivity index is 1.25. The molecule has 2 N–H and O–H groups in total. The van der Waals surface area contributed by atoms with E-state index < -0.39 is 6.09 Å². The SMILES string of the molecule is CCNC(=O)Nc1ccc(Cl)c(Cn2cc(-c3cccc4c3CCCN4C(=O)OCCOc3cccc(Cl)c3C)cn2)c1. The van der Waals surface area contributed by atoms with Crippen LogP contribution < -0.4 is 20.3 Å². The van der Waals surface area contributed by atoms with Gasteiger partial charge in [-0.05, 0) is 79.8 Å². The number of halogens is 2. The van der Waals surface area contributed by atoms with Gasteiger partial charge in [0.2, 0.25) is 0 Å². The lowest BCUT2D eigenvalue weighted by molar-refractivity contribution is 0.130. The Morgan fingerprint density at radius 2 is 1.88 bits per heavy atom. The number of hydrogen-bond donors (Lipinski definition) is 2. The number of aromatic nitrogens is 2. The summed E-state index contributed by atoms with van der Waals surface area (Å²) in [5, 5.41) is 11.3. The maximum atomic E-state index is 13.1. The highest BCUT2D eigenvalue weighted by Gasteiger charge is 2.26. The van der Waals surface area contributed by atoms with Gasteiger partial charge in [-0.1, -0.05) is 41.4 Å². The lowest BCUT2D eigenvalue weighted by atomic mass is 9.93. The molecule has 1 aliphatic rings. The van der Waals surface area contributed by atoms with Crippen LogP contribution >= 0.6 is 23.2 Å². The minimum atomic E-state index is -0.407. The fourth-order valence-electron chi connectivity index (χ4n) is 5.06. The van der Waals surface area contributed by atoms with E-state index in [1.807, 2.05) is 67.3 Å². The fraction of sp³-hybridized carbons (Fsp3) is 0.281. The van der Waals surface area contributed by atoms with Gasteiger partial charge in [0.1, 0.15) is 19.0 Å². The van der Waals surface area contributed by atoms with Crippen molar-refractivity contribution in [3.8, 4) is 16.9 Å². The summed E-state index contributed by atoms with van der Waals surface area (Å²) in [6.07, 6.45) is 5.01. The smallest absolute Gasteiger partial charge is 0.414 e. The van der Waals surface area contributed by atoms with Crippen LogP contribution in [0.5, 0.6) is 5.75 Å². The van der Waals surface area contributed by atoms with Crippen molar-refractivity contribution in [3.05, 3.63) is 93.7 Å². The Morgan fingerprint density at radius 3 is 2.72 bits per heavy atom. The highest BCUT2D eigenvalue weighted by molar-refractivity contribution is 6.31. The molecule has 0 aliphatic carbocycles. The molecular weight excluding hydrogens is 589 g/mol. The second kappa shape index (κ2) is 13.8. The molecular formula is C32H33Cl2N5O4. The Labute approximate surface area is 260 Å². The molecule has 9 nitrogen and oxygen atoms in total. The van der Waals surface area contributed by atoms with Crippen molar-refractivity contribution in [2.75, 3.05) is 36.5 Å². The molecule has 1 aromatic heterocycles. The molecule has 224 valence electrons. The summed E-state index contributed by atoms with van der Waals surface area (Å²) < 4.78 is 13.2. The van der Waals surface area contributed by atoms with E-state index in [-0.39, 0.29) is 19.2 Å². The first-order valence-corrected chi connectivity index (χ1v) is 14.9. The van der Waals surface area contributed by atoms with Crippen LogP contribution in [0.4, 0.5) is 21.0 Å². The van der Waals surface area contributed by atoms with E-state index in [1.54, 1.807) is 23.1 Å². The fourth-order valence-corrected chi connectivity index (χ4v) is 5.40. The zero-order valence-corrected chi connectivity index (χ0v) is 25.5. The minimum absolute atomic E-state index is 0.117. The molecule has 0 atom stereocenters. The number of nitrogens with one attached hydrogen (secondary N) is 2. The van der Waals surface area contributed by atoms with Gasteiger partial charge in [0.15, 0.2) is 0 Å². The van der Waals surface area contributed by atoms with Gasteiger partial charge in [-0.3, -0.25) is 9.58 Å². The molecule has 0 fully saturated rings. The number of fused-ring (bicyclic) bond motifs is 1. The molecule has 0 radical (unpaired) electrons. The van der Waals surface area contributed by atoms with Crippen molar-refractivity contribution in [2.45, 2.75) is 33.2 Å². The molecule has 0 spiro atoms. The third-order valence-electron chi connectivity index (χ3n) is 7.17. The first-order chi connectivity index (χ1) is 20.8. The van der Waals surface area contributed by atoms with Crippen LogP contribution in [0.1, 0.15) is 30.0 Å². The summed E-state index contributed by atoms with van der Waals surface area (Å²) in [6.45, 7) is 5.61. The second-order valence-corrected chi connectivity index (χ2v) is 10.9. The number of urea groups is 1. The van der Waals surface area contributed by atoms with Gasteiger partial charge >= 0.3 is 12.1 Å². The molecule has 5 rings (SSSR count). The molecule has 4 aromatic rings. The third kappa shape index (κ3) is 7.24. The highest BCUT2D eigenvalue weighted by atomic mass is 35.5. The number of amides is 3. The number of carbonyl (C=O) groups is 2. The second-order valence-electron chi connectivity index (χ2n) is 10.1. The summed E-state index contributed by atoms with van der Waals surface area (Å²) in [5.74, 6) is 0.670. The minimum Gasteiger partial charge on any atom is -0.490 e. The van der Waals surface area contributed by atoms with E-state index in [0.29, 0.717) is 41.1 Å². The molecule has 43 heavy (non-hydrogen) atoms. The van der Waals surface area contributed by atoms with Crippen molar-refractivity contribution in [1.82, 2.24) is 15.1 Å². The van der Waals surface area contributed by atoms with Crippen LogP contribution in [0.15, 0.2) is 67.0 Å². The van der Waals surface area contributed by atoms with Gasteiger partial charge in [-0.15, -0.1) is 0 Å². The van der Waals surface area contributed by atoms with Crippen molar-refractivity contribution in [1.29, 1.82) is 0 Å². The molecule has 3 aromatic carbocycles. The maximum absolute atomic E-state index is 13.1. The number of hydrogen-bond acceptors (Lipinski definition) is 5. The first kappa shape index (κ1) is 30.3. The summed E-state index contributed by atoms with van der Waals surface area (Å²) in [4.78, 5) is 26.7. The first-order valence-electron chi connectivity index (χ1n) is 14.1. The predicted molar refractivity (Wildman–Crippen MR) is 170 cm³/mol. The average Bonchev–Trinajstić information content (AvgIpc) is 3.46. The van der Waals surface area contributed by atoms with Crippen LogP contribution in [-0.4, -0.2) is 48.2 Å². The number of nitrogens with zero attached hydrogens (tertiary/aromatic N) is 3. The average molecular weight is 623 g/mol. The Kier molecular flexibility index (Phi) is 9.74. The standard InChI is InChI=1S/C32H33Cl2N5O4/c1-3-35-31(40)37-24-12-13-28(34)22(17-24)19-38-20-23(18-36-38)25-7-4-10-29-26(25)8-6-14-39(29)32(41)43-16-15-42-30-11-5-9-27(33)21(30)2/h4-5,7,9-13,17-18,20H,3,6,8,14-16,19H2,1-2H3,(H2,35,37,40). The van der Waals surface area contributed by atoms with Crippen LogP contribution in [0.25, 0.3) is 11.1 Å². The van der Waals surface area contributed by atoms with Crippen molar-refractivity contribution in [2.24, 2.45) is 0 Å². The van der Waals surface area contributed by atoms with Gasteiger partial charge in [-0.25, -0.2) is 9.59 Å². The van der Waals surface area contributed by atoms with Crippen molar-refractivity contribution in [3.63, 3.8) is 0 Å². The number of ether oxygens (including phenoxy) is 2. The molecule has 0 bridgehead atoms. The Hall–Kier alpha value is -4.21. The highest BCUT2D eigenvalue weighted by Crippen LogP contribution is 2.36. The largest absolute Gasteiger partial charge is 0.490 e.